The highest BCUT2D eigenvalue weighted by molar-refractivity contribution is 5.87. The van der Waals surface area contributed by atoms with E-state index in [4.69, 9.17) is 0 Å². The molecule has 0 aliphatic carbocycles. The molecule has 0 aromatic heterocycles. The lowest BCUT2D eigenvalue weighted by Crippen LogP contribution is -2.52. The molecule has 1 heterocycles. The molecule has 2 amide bonds. The lowest BCUT2D eigenvalue weighted by atomic mass is 10.0. The molecule has 0 radical (unpaired) electrons. The topological polar surface area (TPSA) is 52.7 Å². The minimum atomic E-state index is -4.52. The third-order valence-electron chi connectivity index (χ3n) is 3.31. The Morgan fingerprint density at radius 2 is 1.90 bits per heavy atom. The number of amides is 2. The minimum absolute atomic E-state index is 0.0345. The highest BCUT2D eigenvalue weighted by Crippen LogP contribution is 2.21. The van der Waals surface area contributed by atoms with Crippen LogP contribution in [0.5, 0.6) is 0 Å². The zero-order valence-corrected chi connectivity index (χ0v) is 11.8. The molecule has 0 spiro atoms. The molecule has 8 heteroatoms. The number of nitrogens with zero attached hydrogens (tertiary/aromatic N) is 2. The summed E-state index contributed by atoms with van der Waals surface area (Å²) in [5, 5.41) is 2.89. The Morgan fingerprint density at radius 3 is 2.30 bits per heavy atom. The van der Waals surface area contributed by atoms with Crippen LogP contribution in [0.2, 0.25) is 0 Å². The van der Waals surface area contributed by atoms with E-state index in [1.54, 1.807) is 0 Å². The van der Waals surface area contributed by atoms with Crippen LogP contribution in [0.1, 0.15) is 13.3 Å². The van der Waals surface area contributed by atoms with Crippen molar-refractivity contribution in [2.24, 2.45) is 5.92 Å². The van der Waals surface area contributed by atoms with E-state index in [2.05, 4.69) is 5.32 Å². The van der Waals surface area contributed by atoms with Gasteiger partial charge in [-0.2, -0.15) is 13.2 Å². The van der Waals surface area contributed by atoms with Crippen molar-refractivity contribution in [3.05, 3.63) is 0 Å². The van der Waals surface area contributed by atoms with Crippen LogP contribution in [0.3, 0.4) is 0 Å². The van der Waals surface area contributed by atoms with Crippen LogP contribution >= 0.6 is 0 Å². The fourth-order valence-electron chi connectivity index (χ4n) is 2.09. The molecular weight excluding hydrogens is 275 g/mol. The van der Waals surface area contributed by atoms with Crippen molar-refractivity contribution in [2.45, 2.75) is 25.6 Å². The number of carbonyl (C=O) groups excluding carboxylic acids is 2. The Labute approximate surface area is 116 Å². The molecule has 2 unspecified atom stereocenters. The largest absolute Gasteiger partial charge is 0.406 e. The van der Waals surface area contributed by atoms with Gasteiger partial charge in [-0.3, -0.25) is 9.59 Å². The zero-order chi connectivity index (χ0) is 15.5. The number of halogens is 3. The van der Waals surface area contributed by atoms with Crippen LogP contribution in [-0.2, 0) is 9.59 Å². The second-order valence-electron chi connectivity index (χ2n) is 5.30. The Hall–Kier alpha value is -1.31. The van der Waals surface area contributed by atoms with Crippen LogP contribution in [0.25, 0.3) is 0 Å². The predicted octanol–water partition coefficient (Wildman–Crippen LogP) is 0.463. The zero-order valence-electron chi connectivity index (χ0n) is 11.8. The van der Waals surface area contributed by atoms with Gasteiger partial charge in [-0.1, -0.05) is 6.92 Å². The van der Waals surface area contributed by atoms with Gasteiger partial charge >= 0.3 is 6.18 Å². The van der Waals surface area contributed by atoms with Gasteiger partial charge in [0.2, 0.25) is 11.8 Å². The number of hydrogen-bond donors (Lipinski definition) is 1. The van der Waals surface area contributed by atoms with Crippen molar-refractivity contribution in [1.82, 2.24) is 15.1 Å². The number of nitrogens with one attached hydrogen (secondary N) is 1. The van der Waals surface area contributed by atoms with Crippen LogP contribution in [0, 0.1) is 5.92 Å². The van der Waals surface area contributed by atoms with Crippen molar-refractivity contribution in [3.63, 3.8) is 0 Å². The molecule has 20 heavy (non-hydrogen) atoms. The van der Waals surface area contributed by atoms with E-state index in [9.17, 15) is 22.8 Å². The number of rotatable bonds is 4. The lowest BCUT2D eigenvalue weighted by Gasteiger charge is -2.28. The summed E-state index contributed by atoms with van der Waals surface area (Å²) in [7, 11) is 2.88. The summed E-state index contributed by atoms with van der Waals surface area (Å²) in [4.78, 5) is 25.5. The molecule has 1 fully saturated rings. The summed E-state index contributed by atoms with van der Waals surface area (Å²) < 4.78 is 37.7. The third kappa shape index (κ3) is 4.66. The Balaban J connectivity index is 2.80. The monoisotopic (exact) mass is 295 g/mol. The number of likely N-dealkylation sites (N-methyl/N-ethyl adjacent to an activating group) is 1. The van der Waals surface area contributed by atoms with Crippen LogP contribution < -0.4 is 5.32 Å². The van der Waals surface area contributed by atoms with Gasteiger partial charge in [0.05, 0.1) is 6.04 Å². The van der Waals surface area contributed by atoms with Gasteiger partial charge in [0.15, 0.2) is 0 Å². The molecule has 1 aliphatic heterocycles. The van der Waals surface area contributed by atoms with Gasteiger partial charge < -0.3 is 15.1 Å². The van der Waals surface area contributed by atoms with Crippen LogP contribution in [0.4, 0.5) is 13.2 Å². The van der Waals surface area contributed by atoms with E-state index in [0.717, 1.165) is 6.42 Å². The van der Waals surface area contributed by atoms with Crippen molar-refractivity contribution < 1.29 is 22.8 Å². The van der Waals surface area contributed by atoms with Gasteiger partial charge in [-0.25, -0.2) is 0 Å². The van der Waals surface area contributed by atoms with Gasteiger partial charge in [0.25, 0.3) is 0 Å². The lowest BCUT2D eigenvalue weighted by molar-refractivity contribution is -0.165. The molecule has 0 aromatic rings. The number of carbonyl (C=O) groups is 2. The number of hydrogen-bond acceptors (Lipinski definition) is 3. The van der Waals surface area contributed by atoms with Gasteiger partial charge in [0, 0.05) is 14.1 Å². The molecule has 5 nitrogen and oxygen atoms in total. The summed E-state index contributed by atoms with van der Waals surface area (Å²) in [6.45, 7) is 0.438. The molecule has 0 aromatic carbocycles. The summed E-state index contributed by atoms with van der Waals surface area (Å²) >= 11 is 0. The highest BCUT2D eigenvalue weighted by Gasteiger charge is 2.39. The fraction of sp³-hybridized carbons (Fsp3) is 0.833. The summed E-state index contributed by atoms with van der Waals surface area (Å²) in [6.07, 6.45) is -3.79. The summed E-state index contributed by atoms with van der Waals surface area (Å²) in [5.41, 5.74) is 0. The maximum absolute atomic E-state index is 12.6. The average molecular weight is 295 g/mol. The average Bonchev–Trinajstić information content (AvgIpc) is 2.71. The second-order valence-corrected chi connectivity index (χ2v) is 5.30. The van der Waals surface area contributed by atoms with Crippen molar-refractivity contribution in [3.8, 4) is 0 Å². The van der Waals surface area contributed by atoms with E-state index >= 15 is 0 Å². The van der Waals surface area contributed by atoms with E-state index in [1.807, 2.05) is 6.92 Å². The predicted molar refractivity (Wildman–Crippen MR) is 66.9 cm³/mol. The first kappa shape index (κ1) is 16.7. The molecule has 1 rings (SSSR count). The Morgan fingerprint density at radius 1 is 1.30 bits per heavy atom. The van der Waals surface area contributed by atoms with E-state index in [-0.39, 0.29) is 5.92 Å². The van der Waals surface area contributed by atoms with Crippen LogP contribution in [-0.4, -0.2) is 67.6 Å². The van der Waals surface area contributed by atoms with Gasteiger partial charge in [-0.05, 0) is 18.9 Å². The van der Waals surface area contributed by atoms with Crippen LogP contribution in [0.15, 0.2) is 0 Å². The first-order chi connectivity index (χ1) is 9.11. The maximum atomic E-state index is 12.6. The maximum Gasteiger partial charge on any atom is 0.406 e. The van der Waals surface area contributed by atoms with Crippen molar-refractivity contribution in [2.75, 3.05) is 33.7 Å². The van der Waals surface area contributed by atoms with Gasteiger partial charge in [0.1, 0.15) is 13.1 Å². The molecule has 2 atom stereocenters. The number of alkyl halides is 3. The minimum Gasteiger partial charge on any atom is -0.347 e. The van der Waals surface area contributed by atoms with Crippen molar-refractivity contribution >= 4 is 11.8 Å². The normalized spacial score (nSPS) is 22.7. The second kappa shape index (κ2) is 6.43. The van der Waals surface area contributed by atoms with E-state index in [1.165, 1.54) is 19.0 Å². The summed E-state index contributed by atoms with van der Waals surface area (Å²) in [5.74, 6) is -1.23. The SMILES string of the molecule is CC1CCNC1C(=O)N(CC(=O)N(C)C)CC(F)(F)F. The van der Waals surface area contributed by atoms with Gasteiger partial charge in [-0.15, -0.1) is 0 Å². The molecule has 116 valence electrons. The molecule has 0 saturated carbocycles. The Bertz CT molecular complexity index is 371. The van der Waals surface area contributed by atoms with E-state index in [0.29, 0.717) is 11.4 Å². The third-order valence-corrected chi connectivity index (χ3v) is 3.31. The quantitative estimate of drug-likeness (QED) is 0.820. The molecule has 0 bridgehead atoms. The van der Waals surface area contributed by atoms with Crippen molar-refractivity contribution in [1.29, 1.82) is 0 Å². The fourth-order valence-corrected chi connectivity index (χ4v) is 2.09. The Kier molecular flexibility index (Phi) is 5.38. The first-order valence-corrected chi connectivity index (χ1v) is 6.41. The summed E-state index contributed by atoms with van der Waals surface area (Å²) in [6, 6.07) is -0.646. The standard InChI is InChI=1S/C12H20F3N3O2/c1-8-4-5-16-10(8)11(20)18(7-12(13,14)15)6-9(19)17(2)3/h8,10,16H,4-7H2,1-3H3. The molecule has 1 aliphatic rings. The smallest absolute Gasteiger partial charge is 0.347 e. The molecule has 1 N–H and O–H groups in total. The highest BCUT2D eigenvalue weighted by atomic mass is 19.4. The molecular formula is C12H20F3N3O2. The first-order valence-electron chi connectivity index (χ1n) is 6.41. The van der Waals surface area contributed by atoms with E-state index < -0.39 is 37.1 Å². The molecule has 1 saturated heterocycles.